The number of aliphatic hydroxyl groups is 1. The van der Waals surface area contributed by atoms with Gasteiger partial charge in [-0.15, -0.1) is 0 Å². The minimum atomic E-state index is -0.144. The first-order valence-electron chi connectivity index (χ1n) is 4.05. The lowest BCUT2D eigenvalue weighted by molar-refractivity contribution is -0.114. The predicted octanol–water partition coefficient (Wildman–Crippen LogP) is 0.835. The first-order valence-corrected chi connectivity index (χ1v) is 4.87. The van der Waals surface area contributed by atoms with Crippen molar-refractivity contribution in [2.45, 2.75) is 13.3 Å². The molecule has 0 saturated carbocycles. The Balaban J connectivity index is 2.60. The molecule has 0 atom stereocenters. The van der Waals surface area contributed by atoms with Crippen LogP contribution in [0, 0.1) is 11.8 Å². The van der Waals surface area contributed by atoms with E-state index in [9.17, 15) is 4.79 Å². The summed E-state index contributed by atoms with van der Waals surface area (Å²) in [6, 6.07) is 0. The molecule has 0 aliphatic carbocycles. The van der Waals surface area contributed by atoms with Crippen molar-refractivity contribution in [1.82, 2.24) is 4.98 Å². The van der Waals surface area contributed by atoms with Crippen molar-refractivity contribution in [3.05, 3.63) is 11.1 Å². The highest BCUT2D eigenvalue weighted by Gasteiger charge is 2.00. The molecule has 0 saturated heterocycles. The summed E-state index contributed by atoms with van der Waals surface area (Å²) >= 11 is 1.31. The molecule has 0 fully saturated rings. The quantitative estimate of drug-likeness (QED) is 0.711. The van der Waals surface area contributed by atoms with Crippen LogP contribution in [0.5, 0.6) is 0 Å². The fourth-order valence-corrected chi connectivity index (χ4v) is 1.48. The number of aliphatic hydroxyl groups excluding tert-OH is 1. The lowest BCUT2D eigenvalue weighted by Crippen LogP contribution is -2.04. The average Bonchev–Trinajstić information content (AvgIpc) is 2.52. The van der Waals surface area contributed by atoms with Crippen molar-refractivity contribution < 1.29 is 9.90 Å². The maximum absolute atomic E-state index is 10.7. The number of nitrogens with one attached hydrogen (secondary N) is 1. The SMILES string of the molecule is CC(=O)Nc1ncc(C#CCCO)s1. The van der Waals surface area contributed by atoms with E-state index in [0.29, 0.717) is 11.6 Å². The molecule has 1 aromatic heterocycles. The second-order valence-corrected chi connectivity index (χ2v) is 3.52. The Kier molecular flexibility index (Phi) is 4.11. The van der Waals surface area contributed by atoms with Crippen LogP contribution >= 0.6 is 11.3 Å². The van der Waals surface area contributed by atoms with Crippen LogP contribution in [0.25, 0.3) is 0 Å². The van der Waals surface area contributed by atoms with Crippen molar-refractivity contribution in [2.24, 2.45) is 0 Å². The highest BCUT2D eigenvalue weighted by molar-refractivity contribution is 7.16. The first kappa shape index (κ1) is 10.7. The standard InChI is InChI=1S/C9H10N2O2S/c1-7(13)11-9-10-6-8(14-9)4-2-3-5-12/h6,12H,3,5H2,1H3,(H,10,11,13). The van der Waals surface area contributed by atoms with E-state index in [4.69, 9.17) is 5.11 Å². The number of thiazole rings is 1. The van der Waals surface area contributed by atoms with Gasteiger partial charge in [0, 0.05) is 13.3 Å². The van der Waals surface area contributed by atoms with Crippen LogP contribution < -0.4 is 5.32 Å². The maximum atomic E-state index is 10.7. The van der Waals surface area contributed by atoms with Gasteiger partial charge in [0.1, 0.15) is 0 Å². The van der Waals surface area contributed by atoms with Crippen molar-refractivity contribution in [3.63, 3.8) is 0 Å². The molecule has 0 spiro atoms. The summed E-state index contributed by atoms with van der Waals surface area (Å²) in [5, 5.41) is 11.6. The van der Waals surface area contributed by atoms with Crippen molar-refractivity contribution in [1.29, 1.82) is 0 Å². The Morgan fingerprint density at radius 1 is 1.79 bits per heavy atom. The third-order valence-electron chi connectivity index (χ3n) is 1.24. The van der Waals surface area contributed by atoms with Crippen molar-refractivity contribution in [2.75, 3.05) is 11.9 Å². The summed E-state index contributed by atoms with van der Waals surface area (Å²) in [6.45, 7) is 1.49. The summed E-state index contributed by atoms with van der Waals surface area (Å²) in [6.07, 6.45) is 2.05. The smallest absolute Gasteiger partial charge is 0.223 e. The summed E-state index contributed by atoms with van der Waals surface area (Å²) in [5.74, 6) is 5.47. The van der Waals surface area contributed by atoms with Gasteiger partial charge in [-0.25, -0.2) is 4.98 Å². The zero-order chi connectivity index (χ0) is 10.4. The number of nitrogens with zero attached hydrogens (tertiary/aromatic N) is 1. The van der Waals surface area contributed by atoms with E-state index in [2.05, 4.69) is 22.1 Å². The van der Waals surface area contributed by atoms with Gasteiger partial charge in [-0.05, 0) is 0 Å². The van der Waals surface area contributed by atoms with Gasteiger partial charge in [0.15, 0.2) is 5.13 Å². The zero-order valence-electron chi connectivity index (χ0n) is 7.70. The molecule has 74 valence electrons. The second-order valence-electron chi connectivity index (χ2n) is 2.49. The molecule has 0 aromatic carbocycles. The highest BCUT2D eigenvalue weighted by atomic mass is 32.1. The van der Waals surface area contributed by atoms with Crippen LogP contribution in [0.3, 0.4) is 0 Å². The minimum absolute atomic E-state index is 0.0599. The molecule has 5 heteroatoms. The number of carbonyl (C=O) groups is 1. The summed E-state index contributed by atoms with van der Waals surface area (Å²) < 4.78 is 0. The van der Waals surface area contributed by atoms with E-state index < -0.39 is 0 Å². The van der Waals surface area contributed by atoms with Crippen LogP contribution in [0.2, 0.25) is 0 Å². The monoisotopic (exact) mass is 210 g/mol. The fraction of sp³-hybridized carbons (Fsp3) is 0.333. The Bertz CT molecular complexity index is 376. The average molecular weight is 210 g/mol. The zero-order valence-corrected chi connectivity index (χ0v) is 8.52. The van der Waals surface area contributed by atoms with Gasteiger partial charge in [-0.2, -0.15) is 0 Å². The number of carbonyl (C=O) groups excluding carboxylic acids is 1. The molecular weight excluding hydrogens is 200 g/mol. The normalized spacial score (nSPS) is 9.00. The Labute approximate surface area is 86.0 Å². The second kappa shape index (κ2) is 5.37. The maximum Gasteiger partial charge on any atom is 0.223 e. The largest absolute Gasteiger partial charge is 0.395 e. The molecule has 4 nitrogen and oxygen atoms in total. The summed E-state index contributed by atoms with van der Waals surface area (Å²) in [5.41, 5.74) is 0. The van der Waals surface area contributed by atoms with E-state index in [1.54, 1.807) is 6.20 Å². The van der Waals surface area contributed by atoms with Gasteiger partial charge in [0.05, 0.1) is 17.7 Å². The molecule has 0 aliphatic heterocycles. The fourth-order valence-electron chi connectivity index (χ4n) is 0.746. The lowest BCUT2D eigenvalue weighted by atomic mass is 10.4. The molecule has 1 amide bonds. The molecule has 1 rings (SSSR count). The molecule has 2 N–H and O–H groups in total. The number of hydrogen-bond donors (Lipinski definition) is 2. The number of aromatic nitrogens is 1. The van der Waals surface area contributed by atoms with E-state index in [1.165, 1.54) is 18.3 Å². The van der Waals surface area contributed by atoms with Gasteiger partial charge in [-0.3, -0.25) is 4.79 Å². The van der Waals surface area contributed by atoms with E-state index in [1.807, 2.05) is 0 Å². The molecule has 0 bridgehead atoms. The Morgan fingerprint density at radius 2 is 2.57 bits per heavy atom. The number of rotatable bonds is 2. The molecule has 0 aliphatic rings. The summed E-state index contributed by atoms with van der Waals surface area (Å²) in [7, 11) is 0. The summed E-state index contributed by atoms with van der Waals surface area (Å²) in [4.78, 5) is 15.4. The van der Waals surface area contributed by atoms with Crippen molar-refractivity contribution >= 4 is 22.4 Å². The number of hydrogen-bond acceptors (Lipinski definition) is 4. The van der Waals surface area contributed by atoms with Gasteiger partial charge in [0.25, 0.3) is 0 Å². The molecular formula is C9H10N2O2S. The van der Waals surface area contributed by atoms with Crippen LogP contribution in [0.15, 0.2) is 6.20 Å². The van der Waals surface area contributed by atoms with Crippen LogP contribution in [0.1, 0.15) is 18.2 Å². The van der Waals surface area contributed by atoms with E-state index in [0.717, 1.165) is 4.88 Å². The third-order valence-corrected chi connectivity index (χ3v) is 2.07. The van der Waals surface area contributed by atoms with Crippen LogP contribution in [0.4, 0.5) is 5.13 Å². The van der Waals surface area contributed by atoms with Gasteiger partial charge in [0.2, 0.25) is 5.91 Å². The number of amides is 1. The van der Waals surface area contributed by atoms with Gasteiger partial charge in [-0.1, -0.05) is 23.2 Å². The first-order chi connectivity index (χ1) is 6.72. The Hall–Kier alpha value is -1.38. The third kappa shape index (κ3) is 3.56. The molecule has 1 heterocycles. The van der Waals surface area contributed by atoms with Gasteiger partial charge >= 0.3 is 0 Å². The highest BCUT2D eigenvalue weighted by Crippen LogP contribution is 2.16. The van der Waals surface area contributed by atoms with Crippen molar-refractivity contribution in [3.8, 4) is 11.8 Å². The molecule has 1 aromatic rings. The number of anilines is 1. The minimum Gasteiger partial charge on any atom is -0.395 e. The van der Waals surface area contributed by atoms with Gasteiger partial charge < -0.3 is 10.4 Å². The Morgan fingerprint density at radius 3 is 3.21 bits per heavy atom. The van der Waals surface area contributed by atoms with E-state index >= 15 is 0 Å². The molecule has 0 unspecified atom stereocenters. The lowest BCUT2D eigenvalue weighted by Gasteiger charge is -1.91. The van der Waals surface area contributed by atoms with Crippen LogP contribution in [-0.2, 0) is 4.79 Å². The topological polar surface area (TPSA) is 62.2 Å². The van der Waals surface area contributed by atoms with E-state index in [-0.39, 0.29) is 12.5 Å². The van der Waals surface area contributed by atoms with Crippen LogP contribution in [-0.4, -0.2) is 22.6 Å². The molecule has 0 radical (unpaired) electrons. The predicted molar refractivity (Wildman–Crippen MR) is 55.0 cm³/mol. The molecule has 14 heavy (non-hydrogen) atoms.